The lowest BCUT2D eigenvalue weighted by molar-refractivity contribution is -0.113. The Bertz CT molecular complexity index is 1120. The van der Waals surface area contributed by atoms with Crippen molar-refractivity contribution in [3.63, 3.8) is 0 Å². The molecule has 0 radical (unpaired) electrons. The Morgan fingerprint density at radius 2 is 1.90 bits per heavy atom. The van der Waals surface area contributed by atoms with Crippen molar-refractivity contribution in [2.45, 2.75) is 18.1 Å². The van der Waals surface area contributed by atoms with Gasteiger partial charge in [0.1, 0.15) is 11.6 Å². The molecule has 1 atom stereocenters. The second kappa shape index (κ2) is 9.88. The standard InChI is InChI=1S/C20H18ClF2N5O2S/c1-11(24-19(30)13-5-3-4-6-15(13)22)18-26-27-20(28(18)2)31-10-17(29)25-12-7-8-16(23)14(21)9-12/h3-9,11H,10H2,1-2H3,(H,24,30)(H,25,29). The van der Waals surface area contributed by atoms with Crippen LogP contribution in [0.1, 0.15) is 29.1 Å². The maximum Gasteiger partial charge on any atom is 0.254 e. The van der Waals surface area contributed by atoms with Gasteiger partial charge in [-0.05, 0) is 37.3 Å². The van der Waals surface area contributed by atoms with Crippen LogP contribution in [-0.4, -0.2) is 32.3 Å². The molecule has 0 aliphatic heterocycles. The summed E-state index contributed by atoms with van der Waals surface area (Å²) in [4.78, 5) is 24.5. The summed E-state index contributed by atoms with van der Waals surface area (Å²) in [7, 11) is 1.70. The number of halogens is 3. The van der Waals surface area contributed by atoms with Crippen LogP contribution in [0.25, 0.3) is 0 Å². The van der Waals surface area contributed by atoms with E-state index in [9.17, 15) is 18.4 Å². The summed E-state index contributed by atoms with van der Waals surface area (Å²) in [5.41, 5.74) is 0.309. The minimum Gasteiger partial charge on any atom is -0.342 e. The van der Waals surface area contributed by atoms with Crippen LogP contribution in [0.5, 0.6) is 0 Å². The first kappa shape index (κ1) is 22.7. The van der Waals surface area contributed by atoms with Crippen LogP contribution in [0.15, 0.2) is 47.6 Å². The first-order valence-corrected chi connectivity index (χ1v) is 10.4. The van der Waals surface area contributed by atoms with Crippen LogP contribution >= 0.6 is 23.4 Å². The molecule has 0 aliphatic rings. The Hall–Kier alpha value is -2.98. The minimum atomic E-state index is -0.616. The molecule has 3 rings (SSSR count). The van der Waals surface area contributed by atoms with Crippen molar-refractivity contribution in [1.29, 1.82) is 0 Å². The number of aromatic nitrogens is 3. The van der Waals surface area contributed by atoms with Gasteiger partial charge in [0.2, 0.25) is 5.91 Å². The van der Waals surface area contributed by atoms with Crippen molar-refractivity contribution < 1.29 is 18.4 Å². The molecule has 0 saturated carbocycles. The van der Waals surface area contributed by atoms with Crippen molar-refractivity contribution in [3.05, 3.63) is 70.5 Å². The number of nitrogens with one attached hydrogen (secondary N) is 2. The molecule has 1 aromatic heterocycles. The first-order chi connectivity index (χ1) is 14.8. The Kier molecular flexibility index (Phi) is 7.24. The molecule has 3 aromatic rings. The molecule has 0 aliphatic carbocycles. The van der Waals surface area contributed by atoms with Crippen LogP contribution in [0.4, 0.5) is 14.5 Å². The minimum absolute atomic E-state index is 0.0247. The van der Waals surface area contributed by atoms with Crippen molar-refractivity contribution in [2.24, 2.45) is 7.05 Å². The second-order valence-electron chi connectivity index (χ2n) is 6.54. The Labute approximate surface area is 186 Å². The highest BCUT2D eigenvalue weighted by molar-refractivity contribution is 7.99. The van der Waals surface area contributed by atoms with Gasteiger partial charge >= 0.3 is 0 Å². The maximum atomic E-state index is 13.8. The highest BCUT2D eigenvalue weighted by Crippen LogP contribution is 2.22. The lowest BCUT2D eigenvalue weighted by Crippen LogP contribution is -2.29. The maximum absolute atomic E-state index is 13.8. The smallest absolute Gasteiger partial charge is 0.254 e. The van der Waals surface area contributed by atoms with Crippen LogP contribution in [0, 0.1) is 11.6 Å². The number of benzene rings is 2. The number of nitrogens with zero attached hydrogens (tertiary/aromatic N) is 3. The highest BCUT2D eigenvalue weighted by Gasteiger charge is 2.20. The molecular weight excluding hydrogens is 448 g/mol. The van der Waals surface area contributed by atoms with Gasteiger partial charge in [-0.25, -0.2) is 8.78 Å². The fourth-order valence-electron chi connectivity index (χ4n) is 2.71. The Balaban J connectivity index is 1.59. The zero-order valence-electron chi connectivity index (χ0n) is 16.5. The fraction of sp³-hybridized carbons (Fsp3) is 0.200. The van der Waals surface area contributed by atoms with E-state index >= 15 is 0 Å². The predicted octanol–water partition coefficient (Wildman–Crippen LogP) is 3.97. The van der Waals surface area contributed by atoms with Gasteiger partial charge in [0, 0.05) is 12.7 Å². The number of rotatable bonds is 7. The van der Waals surface area contributed by atoms with Crippen molar-refractivity contribution in [2.75, 3.05) is 11.1 Å². The number of carbonyl (C=O) groups excluding carboxylic acids is 2. The third kappa shape index (κ3) is 5.59. The van der Waals surface area contributed by atoms with Crippen LogP contribution in [0.2, 0.25) is 5.02 Å². The van der Waals surface area contributed by atoms with Gasteiger partial charge in [0.05, 0.1) is 22.4 Å². The molecule has 0 fully saturated rings. The monoisotopic (exact) mass is 465 g/mol. The third-order valence-electron chi connectivity index (χ3n) is 4.26. The lowest BCUT2D eigenvalue weighted by Gasteiger charge is -2.14. The molecule has 2 N–H and O–H groups in total. The van der Waals surface area contributed by atoms with Crippen LogP contribution < -0.4 is 10.6 Å². The topological polar surface area (TPSA) is 88.9 Å². The molecule has 162 valence electrons. The van der Waals surface area contributed by atoms with Crippen LogP contribution in [0.3, 0.4) is 0 Å². The van der Waals surface area contributed by atoms with Gasteiger partial charge in [0.25, 0.3) is 5.91 Å². The summed E-state index contributed by atoms with van der Waals surface area (Å²) >= 11 is 6.84. The number of hydrogen-bond donors (Lipinski definition) is 2. The van der Waals surface area contributed by atoms with Gasteiger partial charge in [0.15, 0.2) is 11.0 Å². The molecule has 2 amide bonds. The van der Waals surface area contributed by atoms with Crippen LogP contribution in [-0.2, 0) is 11.8 Å². The molecule has 1 unspecified atom stereocenters. The van der Waals surface area contributed by atoms with E-state index in [1.54, 1.807) is 24.6 Å². The molecule has 0 spiro atoms. The second-order valence-corrected chi connectivity index (χ2v) is 7.89. The van der Waals surface area contributed by atoms with E-state index in [2.05, 4.69) is 20.8 Å². The van der Waals surface area contributed by atoms with Gasteiger partial charge in [-0.15, -0.1) is 10.2 Å². The molecule has 7 nitrogen and oxygen atoms in total. The number of carbonyl (C=O) groups is 2. The number of thioether (sulfide) groups is 1. The largest absolute Gasteiger partial charge is 0.342 e. The summed E-state index contributed by atoms with van der Waals surface area (Å²) in [6.45, 7) is 1.70. The van der Waals surface area contributed by atoms with E-state index in [-0.39, 0.29) is 22.2 Å². The molecule has 11 heteroatoms. The van der Waals surface area contributed by atoms with E-state index in [0.29, 0.717) is 16.7 Å². The van der Waals surface area contributed by atoms with Crippen molar-refractivity contribution in [1.82, 2.24) is 20.1 Å². The molecule has 0 bridgehead atoms. The molecule has 1 heterocycles. The van der Waals surface area contributed by atoms with Gasteiger partial charge < -0.3 is 15.2 Å². The number of hydrogen-bond acceptors (Lipinski definition) is 5. The molecule has 0 saturated heterocycles. The van der Waals surface area contributed by atoms with E-state index in [1.165, 1.54) is 30.3 Å². The van der Waals surface area contributed by atoms with Crippen molar-refractivity contribution in [3.8, 4) is 0 Å². The Morgan fingerprint density at radius 1 is 1.16 bits per heavy atom. The SMILES string of the molecule is CC(NC(=O)c1ccccc1F)c1nnc(SCC(=O)Nc2ccc(F)c(Cl)c2)n1C. The summed E-state index contributed by atoms with van der Waals surface area (Å²) < 4.78 is 28.6. The predicted molar refractivity (Wildman–Crippen MR) is 114 cm³/mol. The van der Waals surface area contributed by atoms with E-state index in [4.69, 9.17) is 11.6 Å². The zero-order valence-corrected chi connectivity index (χ0v) is 18.1. The quantitative estimate of drug-likeness (QED) is 0.515. The number of amides is 2. The molecular formula is C20H18ClF2N5O2S. The molecule has 2 aromatic carbocycles. The van der Waals surface area contributed by atoms with Gasteiger partial charge in [-0.3, -0.25) is 9.59 Å². The molecule has 31 heavy (non-hydrogen) atoms. The Morgan fingerprint density at radius 3 is 2.61 bits per heavy atom. The highest BCUT2D eigenvalue weighted by atomic mass is 35.5. The average Bonchev–Trinajstić information content (AvgIpc) is 3.10. The van der Waals surface area contributed by atoms with E-state index in [0.717, 1.165) is 17.8 Å². The van der Waals surface area contributed by atoms with Gasteiger partial charge in [-0.2, -0.15) is 0 Å². The summed E-state index contributed by atoms with van der Waals surface area (Å²) in [6.07, 6.45) is 0. The zero-order chi connectivity index (χ0) is 22.5. The summed E-state index contributed by atoms with van der Waals surface area (Å²) in [5, 5.41) is 13.8. The average molecular weight is 466 g/mol. The summed E-state index contributed by atoms with van der Waals surface area (Å²) in [5.74, 6) is -1.63. The van der Waals surface area contributed by atoms with Crippen molar-refractivity contribution >= 4 is 40.9 Å². The summed E-state index contributed by atoms with van der Waals surface area (Å²) in [6, 6.07) is 9.02. The van der Waals surface area contributed by atoms with E-state index in [1.807, 2.05) is 0 Å². The van der Waals surface area contributed by atoms with E-state index < -0.39 is 23.6 Å². The lowest BCUT2D eigenvalue weighted by atomic mass is 10.2. The van der Waals surface area contributed by atoms with Gasteiger partial charge in [-0.1, -0.05) is 35.5 Å². The normalized spacial score (nSPS) is 11.8. The number of anilines is 1. The third-order valence-corrected chi connectivity index (χ3v) is 5.57. The first-order valence-electron chi connectivity index (χ1n) is 9.08. The fourth-order valence-corrected chi connectivity index (χ4v) is 3.61.